The van der Waals surface area contributed by atoms with Crippen LogP contribution in [0.3, 0.4) is 0 Å². The highest BCUT2D eigenvalue weighted by Gasteiger charge is 2.11. The highest BCUT2D eigenvalue weighted by Crippen LogP contribution is 2.25. The lowest BCUT2D eigenvalue weighted by atomic mass is 10.2. The number of carbonyl (C=O) groups is 2. The minimum Gasteiger partial charge on any atom is -0.478 e. The maximum absolute atomic E-state index is 12.2. The first kappa shape index (κ1) is 13.3. The number of anilines is 1. The van der Waals surface area contributed by atoms with E-state index in [4.69, 9.17) is 5.11 Å². The van der Waals surface area contributed by atoms with Crippen LogP contribution in [0, 0.1) is 0 Å². The summed E-state index contributed by atoms with van der Waals surface area (Å²) in [5, 5.41) is 12.6. The first-order valence-electron chi connectivity index (χ1n) is 6.12. The van der Waals surface area contributed by atoms with Gasteiger partial charge in [-0.05, 0) is 23.6 Å². The van der Waals surface area contributed by atoms with Crippen LogP contribution in [0.5, 0.6) is 0 Å². The number of carboxylic acid groups (broad SMARTS) is 1. The second-order valence-electron chi connectivity index (χ2n) is 4.37. The lowest BCUT2D eigenvalue weighted by molar-refractivity contribution is 0.0696. The third kappa shape index (κ3) is 2.75. The summed E-state index contributed by atoms with van der Waals surface area (Å²) in [5.74, 6) is -1.36. The van der Waals surface area contributed by atoms with Crippen LogP contribution in [0.4, 0.5) is 5.69 Å². The van der Waals surface area contributed by atoms with Crippen molar-refractivity contribution in [3.05, 3.63) is 59.2 Å². The largest absolute Gasteiger partial charge is 0.478 e. The van der Waals surface area contributed by atoms with E-state index in [1.807, 2.05) is 30.3 Å². The number of fused-ring (bicyclic) bond motifs is 1. The Labute approximate surface area is 123 Å². The molecule has 104 valence electrons. The number of pyridine rings is 1. The number of nitrogens with zero attached hydrogens (tertiary/aromatic N) is 1. The second-order valence-corrected chi connectivity index (χ2v) is 5.45. The van der Waals surface area contributed by atoms with Crippen LogP contribution < -0.4 is 5.32 Å². The van der Waals surface area contributed by atoms with Gasteiger partial charge in [-0.2, -0.15) is 0 Å². The molecule has 2 N–H and O–H groups in total. The van der Waals surface area contributed by atoms with E-state index in [1.165, 1.54) is 29.8 Å². The average molecular weight is 298 g/mol. The summed E-state index contributed by atoms with van der Waals surface area (Å²) in [6, 6.07) is 10.9. The van der Waals surface area contributed by atoms with Gasteiger partial charge in [-0.25, -0.2) is 4.79 Å². The SMILES string of the molecule is O=C(O)c1cncc(NC(=O)c2cc3ccccc3s2)c1. The molecule has 1 aromatic carbocycles. The fourth-order valence-corrected chi connectivity index (χ4v) is 2.87. The summed E-state index contributed by atoms with van der Waals surface area (Å²) in [6.07, 6.45) is 2.65. The molecule has 2 heterocycles. The van der Waals surface area contributed by atoms with Gasteiger partial charge in [-0.1, -0.05) is 18.2 Å². The number of thiophene rings is 1. The molecule has 0 aliphatic carbocycles. The van der Waals surface area contributed by atoms with Crippen molar-refractivity contribution in [2.45, 2.75) is 0 Å². The fraction of sp³-hybridized carbons (Fsp3) is 0. The Morgan fingerprint density at radius 1 is 1.14 bits per heavy atom. The predicted octanol–water partition coefficient (Wildman–Crippen LogP) is 3.25. The van der Waals surface area contributed by atoms with Gasteiger partial charge in [-0.15, -0.1) is 11.3 Å². The smallest absolute Gasteiger partial charge is 0.337 e. The topological polar surface area (TPSA) is 79.3 Å². The highest BCUT2D eigenvalue weighted by atomic mass is 32.1. The number of amides is 1. The summed E-state index contributed by atoms with van der Waals surface area (Å²) in [5.41, 5.74) is 0.390. The molecule has 1 amide bonds. The maximum atomic E-state index is 12.2. The molecule has 2 aromatic heterocycles. The zero-order valence-electron chi connectivity index (χ0n) is 10.7. The summed E-state index contributed by atoms with van der Waals surface area (Å²) in [7, 11) is 0. The van der Waals surface area contributed by atoms with Crippen LogP contribution in [0.25, 0.3) is 10.1 Å². The van der Waals surface area contributed by atoms with Gasteiger partial charge in [0.25, 0.3) is 5.91 Å². The van der Waals surface area contributed by atoms with Crippen molar-refractivity contribution in [1.82, 2.24) is 4.98 Å². The van der Waals surface area contributed by atoms with Crippen molar-refractivity contribution >= 4 is 39.0 Å². The molecule has 0 saturated carbocycles. The van der Waals surface area contributed by atoms with Crippen molar-refractivity contribution in [1.29, 1.82) is 0 Å². The fourth-order valence-electron chi connectivity index (χ4n) is 1.91. The van der Waals surface area contributed by atoms with Gasteiger partial charge < -0.3 is 10.4 Å². The zero-order chi connectivity index (χ0) is 14.8. The van der Waals surface area contributed by atoms with Crippen LogP contribution in [0.1, 0.15) is 20.0 Å². The number of rotatable bonds is 3. The molecular formula is C15H10N2O3S. The maximum Gasteiger partial charge on any atom is 0.337 e. The van der Waals surface area contributed by atoms with Crippen molar-refractivity contribution in [2.24, 2.45) is 0 Å². The van der Waals surface area contributed by atoms with Gasteiger partial charge in [0.15, 0.2) is 0 Å². The van der Waals surface area contributed by atoms with E-state index >= 15 is 0 Å². The van der Waals surface area contributed by atoms with Crippen molar-refractivity contribution in [3.8, 4) is 0 Å². The highest BCUT2D eigenvalue weighted by molar-refractivity contribution is 7.20. The molecule has 0 aliphatic rings. The number of carboxylic acids is 1. The molecule has 3 rings (SSSR count). The summed E-state index contributed by atoms with van der Waals surface area (Å²) in [6.45, 7) is 0. The average Bonchev–Trinajstić information content (AvgIpc) is 2.91. The van der Waals surface area contributed by atoms with E-state index < -0.39 is 5.97 Å². The molecule has 0 radical (unpaired) electrons. The number of carbonyl (C=O) groups excluding carboxylic acids is 1. The molecule has 21 heavy (non-hydrogen) atoms. The number of aromatic carboxylic acids is 1. The van der Waals surface area contributed by atoms with Crippen LogP contribution in [-0.4, -0.2) is 22.0 Å². The van der Waals surface area contributed by atoms with Gasteiger partial charge >= 0.3 is 5.97 Å². The quantitative estimate of drug-likeness (QED) is 0.778. The standard InChI is InChI=1S/C15H10N2O3S/c18-14(13-6-9-3-1-2-4-12(9)21-13)17-11-5-10(15(19)20)7-16-8-11/h1-8H,(H,17,18)(H,19,20). The molecule has 0 unspecified atom stereocenters. The first-order valence-corrected chi connectivity index (χ1v) is 6.93. The van der Waals surface area contributed by atoms with Crippen LogP contribution in [0.15, 0.2) is 48.8 Å². The Kier molecular flexibility index (Phi) is 3.37. The Hall–Kier alpha value is -2.73. The molecule has 0 spiro atoms. The normalized spacial score (nSPS) is 10.5. The Morgan fingerprint density at radius 3 is 2.71 bits per heavy atom. The van der Waals surface area contributed by atoms with E-state index in [-0.39, 0.29) is 11.5 Å². The zero-order valence-corrected chi connectivity index (χ0v) is 11.6. The number of aromatic nitrogens is 1. The molecule has 5 nitrogen and oxygen atoms in total. The van der Waals surface area contributed by atoms with Gasteiger partial charge in [0, 0.05) is 10.9 Å². The minimum absolute atomic E-state index is 0.0316. The molecule has 0 bridgehead atoms. The molecule has 0 saturated heterocycles. The Bertz CT molecular complexity index is 809. The molecule has 3 aromatic rings. The number of hydrogen-bond donors (Lipinski definition) is 2. The third-order valence-electron chi connectivity index (χ3n) is 2.89. The van der Waals surface area contributed by atoms with E-state index in [1.54, 1.807) is 0 Å². The Balaban J connectivity index is 1.85. The predicted molar refractivity (Wildman–Crippen MR) is 81.0 cm³/mol. The van der Waals surface area contributed by atoms with Crippen LogP contribution in [0.2, 0.25) is 0 Å². The second kappa shape index (κ2) is 5.34. The molecule has 0 aliphatic heterocycles. The molecule has 0 atom stereocenters. The van der Waals surface area contributed by atoms with Crippen molar-refractivity contribution in [2.75, 3.05) is 5.32 Å². The molecule has 0 fully saturated rings. The van der Waals surface area contributed by atoms with Gasteiger partial charge in [0.1, 0.15) is 0 Å². The third-order valence-corrected chi connectivity index (χ3v) is 4.01. The summed E-state index contributed by atoms with van der Waals surface area (Å²) >= 11 is 1.39. The van der Waals surface area contributed by atoms with Crippen LogP contribution in [-0.2, 0) is 0 Å². The monoisotopic (exact) mass is 298 g/mol. The lowest BCUT2D eigenvalue weighted by Crippen LogP contribution is -2.11. The molecule has 6 heteroatoms. The van der Waals surface area contributed by atoms with Crippen LogP contribution >= 0.6 is 11.3 Å². The summed E-state index contributed by atoms with van der Waals surface area (Å²) < 4.78 is 1.03. The van der Waals surface area contributed by atoms with E-state index in [0.29, 0.717) is 10.6 Å². The lowest BCUT2D eigenvalue weighted by Gasteiger charge is -2.03. The number of hydrogen-bond acceptors (Lipinski definition) is 4. The van der Waals surface area contributed by atoms with Gasteiger partial charge in [-0.3, -0.25) is 9.78 Å². The number of nitrogens with one attached hydrogen (secondary N) is 1. The molecular weight excluding hydrogens is 288 g/mol. The number of benzene rings is 1. The summed E-state index contributed by atoms with van der Waals surface area (Å²) in [4.78, 5) is 27.4. The van der Waals surface area contributed by atoms with E-state index in [2.05, 4.69) is 10.3 Å². The van der Waals surface area contributed by atoms with Gasteiger partial charge in [0.2, 0.25) is 0 Å². The van der Waals surface area contributed by atoms with Crippen molar-refractivity contribution in [3.63, 3.8) is 0 Å². The minimum atomic E-state index is -1.08. The van der Waals surface area contributed by atoms with Gasteiger partial charge in [0.05, 0.1) is 22.3 Å². The van der Waals surface area contributed by atoms with E-state index in [9.17, 15) is 9.59 Å². The Morgan fingerprint density at radius 2 is 1.95 bits per heavy atom. The van der Waals surface area contributed by atoms with Crippen molar-refractivity contribution < 1.29 is 14.7 Å². The van der Waals surface area contributed by atoms with E-state index in [0.717, 1.165) is 10.1 Å². The first-order chi connectivity index (χ1) is 10.1.